The summed E-state index contributed by atoms with van der Waals surface area (Å²) in [5.41, 5.74) is -0.341. The second-order valence-electron chi connectivity index (χ2n) is 14.4. The maximum absolute atomic E-state index is 13.4. The van der Waals surface area contributed by atoms with Gasteiger partial charge in [-0.2, -0.15) is 0 Å². The van der Waals surface area contributed by atoms with E-state index in [0.29, 0.717) is 12.0 Å². The summed E-state index contributed by atoms with van der Waals surface area (Å²) in [4.78, 5) is 28.2. The van der Waals surface area contributed by atoms with E-state index in [0.717, 1.165) is 28.2 Å². The molecule has 0 spiro atoms. The van der Waals surface area contributed by atoms with E-state index in [1.165, 1.54) is 10.8 Å². The summed E-state index contributed by atoms with van der Waals surface area (Å²) in [7, 11) is 2.48. The number of hydrogen-bond acceptors (Lipinski definition) is 8. The zero-order valence-electron chi connectivity index (χ0n) is 30.6. The molecule has 0 amide bonds. The average Bonchev–Trinajstić information content (AvgIpc) is 3.43. The van der Waals surface area contributed by atoms with Gasteiger partial charge in [-0.15, -0.1) is 0 Å². The van der Waals surface area contributed by atoms with E-state index in [1.54, 1.807) is 28.3 Å². The molecule has 1 aliphatic rings. The Balaban J connectivity index is 1.66. The van der Waals surface area contributed by atoms with Crippen molar-refractivity contribution >= 4 is 8.32 Å². The van der Waals surface area contributed by atoms with Crippen LogP contribution in [0.25, 0.3) is 0 Å². The predicted molar refractivity (Wildman–Crippen MR) is 196 cm³/mol. The van der Waals surface area contributed by atoms with Gasteiger partial charge in [-0.25, -0.2) is 4.79 Å². The van der Waals surface area contributed by atoms with Crippen LogP contribution in [0.2, 0.25) is 18.1 Å². The maximum atomic E-state index is 13.4. The van der Waals surface area contributed by atoms with Gasteiger partial charge in [0.25, 0.3) is 5.56 Å². The summed E-state index contributed by atoms with van der Waals surface area (Å²) < 4.78 is 39.5. The van der Waals surface area contributed by atoms with Crippen LogP contribution in [-0.2, 0) is 30.0 Å². The molecular weight excluding hydrogens is 653 g/mol. The highest BCUT2D eigenvalue weighted by atomic mass is 28.4. The molecule has 1 N–H and O–H groups in total. The first kappa shape index (κ1) is 37.3. The molecule has 3 atom stereocenters. The van der Waals surface area contributed by atoms with Gasteiger partial charge in [0.2, 0.25) is 0 Å². The van der Waals surface area contributed by atoms with Gasteiger partial charge in [0, 0.05) is 25.3 Å². The largest absolute Gasteiger partial charge is 0.497 e. The predicted octanol–water partition coefficient (Wildman–Crippen LogP) is 6.35. The summed E-state index contributed by atoms with van der Waals surface area (Å²) in [5, 5.41) is -0.101. The first-order valence-electron chi connectivity index (χ1n) is 16.9. The summed E-state index contributed by atoms with van der Waals surface area (Å²) in [6, 6.07) is 25.8. The molecule has 1 fully saturated rings. The monoisotopic (exact) mass is 702 g/mol. The fourth-order valence-electron chi connectivity index (χ4n) is 6.36. The highest BCUT2D eigenvalue weighted by molar-refractivity contribution is 6.74. The second kappa shape index (κ2) is 14.7. The van der Waals surface area contributed by atoms with E-state index in [4.69, 9.17) is 28.1 Å². The number of ether oxygens (including phenoxy) is 5. The summed E-state index contributed by atoms with van der Waals surface area (Å²) in [5.74, 6) is 1.44. The number of hydrogen-bond donors (Lipinski definition) is 1. The molecule has 4 aromatic rings. The molecule has 50 heavy (non-hydrogen) atoms. The Morgan fingerprint density at radius 2 is 1.40 bits per heavy atom. The molecule has 10 nitrogen and oxygen atoms in total. The fraction of sp³-hybridized carbons (Fsp3) is 0.436. The Morgan fingerprint density at radius 3 is 1.90 bits per heavy atom. The van der Waals surface area contributed by atoms with Crippen molar-refractivity contribution in [3.8, 4) is 11.5 Å². The van der Waals surface area contributed by atoms with Crippen LogP contribution in [0.3, 0.4) is 0 Å². The lowest BCUT2D eigenvalue weighted by Crippen LogP contribution is -2.48. The van der Waals surface area contributed by atoms with E-state index >= 15 is 0 Å². The molecule has 3 aromatic carbocycles. The SMILES string of the molecule is COC[C@]1(n2cc(C)c(=O)[nH]c2=O)CC(O[Si](C)(C)C(C)(C)C)[C@@H](COC(c2ccccc2)(c2ccc(OC)cc2)c2ccc(OC)cc2)O1. The Labute approximate surface area is 295 Å². The van der Waals surface area contributed by atoms with Gasteiger partial charge in [0.15, 0.2) is 14.0 Å². The van der Waals surface area contributed by atoms with Gasteiger partial charge in [-0.05, 0) is 66.0 Å². The van der Waals surface area contributed by atoms with Crippen molar-refractivity contribution < 1.29 is 28.1 Å². The number of methoxy groups -OCH3 is 3. The zero-order chi connectivity index (χ0) is 36.3. The molecule has 1 saturated heterocycles. The fourth-order valence-corrected chi connectivity index (χ4v) is 7.71. The van der Waals surface area contributed by atoms with E-state index in [-0.39, 0.29) is 18.3 Å². The third-order valence-corrected chi connectivity index (χ3v) is 14.6. The lowest BCUT2D eigenvalue weighted by Gasteiger charge is -2.40. The van der Waals surface area contributed by atoms with Crippen molar-refractivity contribution in [3.63, 3.8) is 0 Å². The summed E-state index contributed by atoms with van der Waals surface area (Å²) >= 11 is 0. The summed E-state index contributed by atoms with van der Waals surface area (Å²) in [6.07, 6.45) is 0.745. The average molecular weight is 703 g/mol. The van der Waals surface area contributed by atoms with E-state index in [1.807, 2.05) is 78.9 Å². The quantitative estimate of drug-likeness (QED) is 0.127. The van der Waals surface area contributed by atoms with Crippen LogP contribution in [0.4, 0.5) is 0 Å². The van der Waals surface area contributed by atoms with Gasteiger partial charge in [-0.1, -0.05) is 75.4 Å². The van der Waals surface area contributed by atoms with Gasteiger partial charge in [-0.3, -0.25) is 14.3 Å². The molecular formula is C39H50N2O8Si. The smallest absolute Gasteiger partial charge is 0.330 e. The molecule has 2 heterocycles. The Kier molecular flexibility index (Phi) is 10.9. The van der Waals surface area contributed by atoms with Gasteiger partial charge >= 0.3 is 5.69 Å². The molecule has 0 aliphatic carbocycles. The Hall–Kier alpha value is -4.00. The standard InChI is InChI=1S/C39H50N2O8Si/c1-27-24-41(36(43)40-35(27)42)38(26-44-5)23-33(49-50(8,9)37(2,3)4)34(48-38)25-47-39(28-13-11-10-12-14-28,29-15-19-31(45-6)20-16-29)30-17-21-32(46-7)22-18-30/h10-22,24,33-34H,23,25-26H2,1-9H3,(H,40,42,43)/t33?,34-,38+/m1/s1. The van der Waals surface area contributed by atoms with Crippen LogP contribution in [0.15, 0.2) is 94.6 Å². The lowest BCUT2D eigenvalue weighted by molar-refractivity contribution is -0.163. The van der Waals surface area contributed by atoms with Crippen LogP contribution in [0.1, 0.15) is 49.4 Å². The van der Waals surface area contributed by atoms with Crippen LogP contribution < -0.4 is 20.7 Å². The van der Waals surface area contributed by atoms with Crippen molar-refractivity contribution in [2.45, 2.75) is 75.8 Å². The molecule has 11 heteroatoms. The van der Waals surface area contributed by atoms with Crippen LogP contribution in [0, 0.1) is 6.92 Å². The van der Waals surface area contributed by atoms with Crippen LogP contribution in [0.5, 0.6) is 11.5 Å². The maximum Gasteiger partial charge on any atom is 0.330 e. The molecule has 1 unspecified atom stereocenters. The van der Waals surface area contributed by atoms with Crippen molar-refractivity contribution in [2.75, 3.05) is 34.5 Å². The van der Waals surface area contributed by atoms with Crippen molar-refractivity contribution in [1.82, 2.24) is 9.55 Å². The lowest BCUT2D eigenvalue weighted by atomic mass is 9.80. The molecule has 268 valence electrons. The number of nitrogens with zero attached hydrogens (tertiary/aromatic N) is 1. The highest BCUT2D eigenvalue weighted by Crippen LogP contribution is 2.46. The molecule has 0 radical (unpaired) electrons. The van der Waals surface area contributed by atoms with Crippen molar-refractivity contribution in [2.24, 2.45) is 0 Å². The van der Waals surface area contributed by atoms with Crippen LogP contribution in [-0.4, -0.2) is 64.6 Å². The number of rotatable bonds is 13. The topological polar surface area (TPSA) is 110 Å². The Bertz CT molecular complexity index is 1800. The van der Waals surface area contributed by atoms with Gasteiger partial charge in [0.05, 0.1) is 33.5 Å². The highest BCUT2D eigenvalue weighted by Gasteiger charge is 2.53. The number of benzene rings is 3. The minimum Gasteiger partial charge on any atom is -0.497 e. The number of aryl methyl sites for hydroxylation is 1. The van der Waals surface area contributed by atoms with Gasteiger partial charge in [0.1, 0.15) is 23.2 Å². The third kappa shape index (κ3) is 7.24. The minimum absolute atomic E-state index is 0.0487. The molecule has 0 bridgehead atoms. The van der Waals surface area contributed by atoms with Crippen LogP contribution >= 0.6 is 0 Å². The molecule has 1 aromatic heterocycles. The van der Waals surface area contributed by atoms with E-state index in [9.17, 15) is 9.59 Å². The minimum atomic E-state index is -2.37. The number of H-pyrrole nitrogens is 1. The third-order valence-electron chi connectivity index (χ3n) is 10.1. The van der Waals surface area contributed by atoms with Crippen molar-refractivity contribution in [1.29, 1.82) is 0 Å². The normalized spacial score (nSPS) is 19.8. The first-order chi connectivity index (χ1) is 23.7. The molecule has 1 aliphatic heterocycles. The van der Waals surface area contributed by atoms with Crippen molar-refractivity contribution in [3.05, 3.63) is 128 Å². The first-order valence-corrected chi connectivity index (χ1v) is 19.8. The van der Waals surface area contributed by atoms with E-state index < -0.39 is 43.1 Å². The Morgan fingerprint density at radius 1 is 0.860 bits per heavy atom. The number of aromatic nitrogens is 2. The zero-order valence-corrected chi connectivity index (χ0v) is 31.6. The van der Waals surface area contributed by atoms with Gasteiger partial charge < -0.3 is 28.1 Å². The molecule has 0 saturated carbocycles. The summed E-state index contributed by atoms with van der Waals surface area (Å²) in [6.45, 7) is 12.8. The number of nitrogens with one attached hydrogen (secondary N) is 1. The second-order valence-corrected chi connectivity index (χ2v) is 19.2. The number of aromatic amines is 1. The molecule has 5 rings (SSSR count). The van der Waals surface area contributed by atoms with E-state index in [2.05, 4.69) is 38.8 Å².